The Morgan fingerprint density at radius 3 is 2.50 bits per heavy atom. The van der Waals surface area contributed by atoms with Crippen LogP contribution in [0, 0.1) is 0 Å². The van der Waals surface area contributed by atoms with Gasteiger partial charge in [0, 0.05) is 13.5 Å². The molecule has 12 heavy (non-hydrogen) atoms. The van der Waals surface area contributed by atoms with Crippen LogP contribution in [0.1, 0.15) is 13.3 Å². The molecule has 1 amide bonds. The Bertz CT molecular complexity index is 219. The summed E-state index contributed by atoms with van der Waals surface area (Å²) in [5, 5.41) is 8.57. The Kier molecular flexibility index (Phi) is 2.30. The molecular weight excluding hydrogens is 165 g/mol. The van der Waals surface area contributed by atoms with Gasteiger partial charge in [0.25, 0.3) is 0 Å². The highest BCUT2D eigenvalue weighted by atomic mass is 19.1. The molecule has 0 radical (unpaired) electrons. The fraction of sp³-hybridized carbons (Fsp3) is 0.714. The number of hydrogen-bond donors (Lipinski definition) is 1. The van der Waals surface area contributed by atoms with Gasteiger partial charge in [0.15, 0.2) is 6.04 Å². The van der Waals surface area contributed by atoms with Crippen molar-refractivity contribution in [2.45, 2.75) is 25.6 Å². The minimum absolute atomic E-state index is 0.122. The van der Waals surface area contributed by atoms with Gasteiger partial charge in [-0.1, -0.05) is 0 Å². The van der Waals surface area contributed by atoms with E-state index < -0.39 is 18.2 Å². The van der Waals surface area contributed by atoms with Crippen LogP contribution in [0.3, 0.4) is 0 Å². The van der Waals surface area contributed by atoms with Crippen molar-refractivity contribution in [2.24, 2.45) is 0 Å². The zero-order valence-electron chi connectivity index (χ0n) is 6.66. The van der Waals surface area contributed by atoms with E-state index in [1.807, 2.05) is 0 Å². The van der Waals surface area contributed by atoms with Crippen molar-refractivity contribution in [3.05, 3.63) is 0 Å². The second-order valence-electron chi connectivity index (χ2n) is 2.80. The van der Waals surface area contributed by atoms with Crippen molar-refractivity contribution in [1.82, 2.24) is 4.90 Å². The Labute approximate surface area is 69.0 Å². The second kappa shape index (κ2) is 3.08. The molecule has 0 saturated carbocycles. The first-order valence-corrected chi connectivity index (χ1v) is 3.68. The lowest BCUT2D eigenvalue weighted by Gasteiger charge is -2.19. The molecule has 0 aromatic carbocycles. The van der Waals surface area contributed by atoms with E-state index in [1.165, 1.54) is 6.92 Å². The Balaban J connectivity index is 2.77. The summed E-state index contributed by atoms with van der Waals surface area (Å²) in [4.78, 5) is 22.3. The van der Waals surface area contributed by atoms with Gasteiger partial charge < -0.3 is 10.0 Å². The van der Waals surface area contributed by atoms with Crippen molar-refractivity contribution in [2.75, 3.05) is 6.54 Å². The van der Waals surface area contributed by atoms with Gasteiger partial charge in [-0.2, -0.15) is 0 Å². The molecule has 2 atom stereocenters. The van der Waals surface area contributed by atoms with Gasteiger partial charge in [-0.3, -0.25) is 4.79 Å². The molecule has 0 aromatic heterocycles. The largest absolute Gasteiger partial charge is 0.480 e. The third-order valence-corrected chi connectivity index (χ3v) is 1.98. The van der Waals surface area contributed by atoms with E-state index in [1.54, 1.807) is 0 Å². The van der Waals surface area contributed by atoms with E-state index >= 15 is 0 Å². The van der Waals surface area contributed by atoms with Crippen LogP contribution in [0.15, 0.2) is 0 Å². The van der Waals surface area contributed by atoms with Crippen molar-refractivity contribution in [1.29, 1.82) is 0 Å². The number of nitrogens with zero attached hydrogens (tertiary/aromatic N) is 1. The van der Waals surface area contributed by atoms with Gasteiger partial charge in [0.05, 0.1) is 0 Å². The number of carboxylic acid groups (broad SMARTS) is 1. The summed E-state index contributed by atoms with van der Waals surface area (Å²) in [5.74, 6) is -1.65. The van der Waals surface area contributed by atoms with Gasteiger partial charge in [-0.05, 0) is 6.42 Å². The predicted molar refractivity (Wildman–Crippen MR) is 38.3 cm³/mol. The summed E-state index contributed by atoms with van der Waals surface area (Å²) in [5.41, 5.74) is 0. The average molecular weight is 175 g/mol. The standard InChI is InChI=1S/C7H10FNO3/c1-4(10)9-3-2-5(8)6(9)7(11)12/h5-6H,2-3H2,1H3,(H,11,12). The molecule has 0 spiro atoms. The minimum Gasteiger partial charge on any atom is -0.480 e. The molecule has 0 aromatic rings. The zero-order valence-corrected chi connectivity index (χ0v) is 6.66. The number of amides is 1. The van der Waals surface area contributed by atoms with Gasteiger partial charge >= 0.3 is 5.97 Å². The number of likely N-dealkylation sites (tertiary alicyclic amines) is 1. The number of aliphatic carboxylic acids is 1. The molecule has 1 N–H and O–H groups in total. The lowest BCUT2D eigenvalue weighted by atomic mass is 10.2. The second-order valence-corrected chi connectivity index (χ2v) is 2.80. The number of hydrogen-bond acceptors (Lipinski definition) is 2. The number of rotatable bonds is 1. The Hall–Kier alpha value is -1.13. The van der Waals surface area contributed by atoms with Crippen LogP contribution in [-0.4, -0.2) is 40.6 Å². The first-order valence-electron chi connectivity index (χ1n) is 3.68. The van der Waals surface area contributed by atoms with Crippen molar-refractivity contribution >= 4 is 11.9 Å². The van der Waals surface area contributed by atoms with Crippen LogP contribution in [-0.2, 0) is 9.59 Å². The van der Waals surface area contributed by atoms with E-state index in [0.717, 1.165) is 4.90 Å². The SMILES string of the molecule is CC(=O)N1CCC(F)C1C(=O)O. The van der Waals surface area contributed by atoms with Crippen molar-refractivity contribution in [3.63, 3.8) is 0 Å². The maximum absolute atomic E-state index is 12.9. The summed E-state index contributed by atoms with van der Waals surface area (Å²) < 4.78 is 12.9. The number of carboxylic acids is 1. The molecule has 1 aliphatic heterocycles. The smallest absolute Gasteiger partial charge is 0.329 e. The summed E-state index contributed by atoms with van der Waals surface area (Å²) in [6, 6.07) is -1.28. The first kappa shape index (κ1) is 8.96. The number of carbonyl (C=O) groups is 2. The molecule has 0 aliphatic carbocycles. The number of alkyl halides is 1. The molecular formula is C7H10FNO3. The Morgan fingerprint density at radius 2 is 2.17 bits per heavy atom. The molecule has 1 fully saturated rings. The zero-order chi connectivity index (χ0) is 9.30. The topological polar surface area (TPSA) is 57.6 Å². The lowest BCUT2D eigenvalue weighted by Crippen LogP contribution is -2.42. The molecule has 0 bridgehead atoms. The highest BCUT2D eigenvalue weighted by Crippen LogP contribution is 2.20. The van der Waals surface area contributed by atoms with E-state index in [9.17, 15) is 14.0 Å². The van der Waals surface area contributed by atoms with Crippen LogP contribution in [0.2, 0.25) is 0 Å². The normalized spacial score (nSPS) is 29.0. The van der Waals surface area contributed by atoms with E-state index in [2.05, 4.69) is 0 Å². The van der Waals surface area contributed by atoms with Gasteiger partial charge in [-0.25, -0.2) is 9.18 Å². The first-order chi connectivity index (χ1) is 5.54. The predicted octanol–water partition coefficient (Wildman–Crippen LogP) is 0.0299. The molecule has 4 nitrogen and oxygen atoms in total. The highest BCUT2D eigenvalue weighted by molar-refractivity contribution is 5.83. The number of halogens is 1. The van der Waals surface area contributed by atoms with Crippen LogP contribution >= 0.6 is 0 Å². The van der Waals surface area contributed by atoms with E-state index in [0.29, 0.717) is 0 Å². The molecule has 2 unspecified atom stereocenters. The summed E-state index contributed by atoms with van der Waals surface area (Å²) in [7, 11) is 0. The van der Waals surface area contributed by atoms with Crippen LogP contribution < -0.4 is 0 Å². The highest BCUT2D eigenvalue weighted by Gasteiger charge is 2.40. The average Bonchev–Trinajstić information content (AvgIpc) is 2.30. The monoisotopic (exact) mass is 175 g/mol. The number of carbonyl (C=O) groups excluding carboxylic acids is 1. The van der Waals surface area contributed by atoms with Gasteiger partial charge in [0.2, 0.25) is 5.91 Å². The van der Waals surface area contributed by atoms with Gasteiger partial charge in [-0.15, -0.1) is 0 Å². The molecule has 1 rings (SSSR count). The van der Waals surface area contributed by atoms with Crippen LogP contribution in [0.25, 0.3) is 0 Å². The molecule has 1 heterocycles. The maximum atomic E-state index is 12.9. The third kappa shape index (κ3) is 1.39. The lowest BCUT2D eigenvalue weighted by molar-refractivity contribution is -0.149. The van der Waals surface area contributed by atoms with E-state index in [4.69, 9.17) is 5.11 Å². The molecule has 5 heteroatoms. The fourth-order valence-electron chi connectivity index (χ4n) is 1.40. The van der Waals surface area contributed by atoms with Crippen LogP contribution in [0.5, 0.6) is 0 Å². The third-order valence-electron chi connectivity index (χ3n) is 1.98. The summed E-state index contributed by atoms with van der Waals surface area (Å²) in [6.07, 6.45) is -1.30. The minimum atomic E-state index is -1.42. The molecule has 1 saturated heterocycles. The Morgan fingerprint density at radius 1 is 1.58 bits per heavy atom. The van der Waals surface area contributed by atoms with Crippen molar-refractivity contribution < 1.29 is 19.1 Å². The van der Waals surface area contributed by atoms with E-state index in [-0.39, 0.29) is 18.9 Å². The van der Waals surface area contributed by atoms with Crippen LogP contribution in [0.4, 0.5) is 4.39 Å². The summed E-state index contributed by atoms with van der Waals surface area (Å²) in [6.45, 7) is 1.45. The van der Waals surface area contributed by atoms with Gasteiger partial charge in [0.1, 0.15) is 6.17 Å². The quantitative estimate of drug-likeness (QED) is 0.611. The maximum Gasteiger partial charge on any atom is 0.329 e. The fourth-order valence-corrected chi connectivity index (χ4v) is 1.40. The molecule has 1 aliphatic rings. The van der Waals surface area contributed by atoms with Crippen molar-refractivity contribution in [3.8, 4) is 0 Å². The summed E-state index contributed by atoms with van der Waals surface area (Å²) >= 11 is 0. The molecule has 68 valence electrons.